The Hall–Kier alpha value is -3.70. The molecule has 1 heterocycles. The zero-order valence-electron chi connectivity index (χ0n) is 46.2. The molecular formula is C56H100N4O16. The fourth-order valence-electron chi connectivity index (χ4n) is 8.86. The van der Waals surface area contributed by atoms with Gasteiger partial charge in [0.1, 0.15) is 42.7 Å². The Balaban J connectivity index is 1.96. The SMILES string of the molecule is CCCCCCCCCCCCCCCNC(=O)OCC(C)(COC(=O)NCCCCCCCCCCCCCCC)/[N+]([O-])=C/c1ccc(CNC(=O)[C@H](O)[C@H](O)[C@H](O[C@@H]2O[C@H](CO)[C@H](O)[C@H](O)[C@H]2O)C(O)CO)cc1. The molecule has 0 spiro atoms. The Labute approximate surface area is 452 Å². The van der Waals surface area contributed by atoms with Crippen molar-refractivity contribution in [1.29, 1.82) is 0 Å². The number of rotatable bonds is 44. The van der Waals surface area contributed by atoms with Crippen LogP contribution in [0, 0.1) is 5.21 Å². The Kier molecular flexibility index (Phi) is 37.2. The van der Waals surface area contributed by atoms with Crippen LogP contribution in [0.4, 0.5) is 9.59 Å². The first kappa shape index (κ1) is 68.4. The van der Waals surface area contributed by atoms with Crippen molar-refractivity contribution in [1.82, 2.24) is 16.0 Å². The number of aliphatic hydroxyl groups excluding tert-OH is 8. The van der Waals surface area contributed by atoms with Gasteiger partial charge in [-0.2, -0.15) is 4.74 Å². The molecular weight excluding hydrogens is 985 g/mol. The number of benzene rings is 1. The van der Waals surface area contributed by atoms with E-state index in [2.05, 4.69) is 29.8 Å². The smallest absolute Gasteiger partial charge is 0.407 e. The summed E-state index contributed by atoms with van der Waals surface area (Å²) in [5.41, 5.74) is -0.655. The van der Waals surface area contributed by atoms with Crippen molar-refractivity contribution in [2.45, 2.75) is 255 Å². The molecule has 1 aromatic carbocycles. The number of hydrogen-bond donors (Lipinski definition) is 11. The molecule has 1 aromatic rings. The molecule has 20 nitrogen and oxygen atoms in total. The van der Waals surface area contributed by atoms with Crippen molar-refractivity contribution in [2.24, 2.45) is 0 Å². The maximum absolute atomic E-state index is 13.9. The summed E-state index contributed by atoms with van der Waals surface area (Å²) in [5.74, 6) is -1.13. The number of alkyl carbamates (subject to hydrolysis) is 2. The van der Waals surface area contributed by atoms with Gasteiger partial charge >= 0.3 is 12.2 Å². The Morgan fingerprint density at radius 2 is 1.07 bits per heavy atom. The highest BCUT2D eigenvalue weighted by Gasteiger charge is 2.47. The van der Waals surface area contributed by atoms with Crippen molar-refractivity contribution < 1.29 is 78.9 Å². The molecule has 0 bridgehead atoms. The van der Waals surface area contributed by atoms with Gasteiger partial charge in [0.15, 0.2) is 31.8 Å². The number of hydroxylamine groups is 1. The van der Waals surface area contributed by atoms with E-state index in [9.17, 15) is 60.4 Å². The van der Waals surface area contributed by atoms with E-state index in [1.807, 2.05) is 0 Å². The third-order valence-corrected chi connectivity index (χ3v) is 14.0. The highest BCUT2D eigenvalue weighted by molar-refractivity contribution is 5.81. The summed E-state index contributed by atoms with van der Waals surface area (Å²) in [5, 5.41) is 103. The van der Waals surface area contributed by atoms with E-state index in [0.29, 0.717) is 29.0 Å². The average molecular weight is 1090 g/mol. The number of aliphatic hydroxyl groups is 8. The van der Waals surface area contributed by atoms with Crippen LogP contribution in [0.25, 0.3) is 0 Å². The fraction of sp³-hybridized carbons (Fsp3) is 0.821. The Morgan fingerprint density at radius 1 is 0.645 bits per heavy atom. The molecule has 1 fully saturated rings. The topological polar surface area (TPSA) is 312 Å². The molecule has 11 N–H and O–H groups in total. The van der Waals surface area contributed by atoms with Gasteiger partial charge in [-0.3, -0.25) is 4.79 Å². The molecule has 1 aliphatic heterocycles. The van der Waals surface area contributed by atoms with Gasteiger partial charge in [0.05, 0.1) is 13.2 Å². The van der Waals surface area contributed by atoms with Crippen LogP contribution in [0.3, 0.4) is 0 Å². The zero-order chi connectivity index (χ0) is 56.0. The second-order valence-corrected chi connectivity index (χ2v) is 20.9. The minimum Gasteiger partial charge on any atom is -0.623 e. The summed E-state index contributed by atoms with van der Waals surface area (Å²) in [7, 11) is 0. The normalized spacial score (nSPS) is 19.6. The lowest BCUT2D eigenvalue weighted by atomic mass is 9.98. The molecule has 1 aliphatic rings. The molecule has 0 saturated carbocycles. The predicted octanol–water partition coefficient (Wildman–Crippen LogP) is 5.89. The van der Waals surface area contributed by atoms with Crippen LogP contribution in [0.1, 0.15) is 199 Å². The quantitative estimate of drug-likeness (QED) is 0.0119. The number of carbonyl (C=O) groups is 3. The summed E-state index contributed by atoms with van der Waals surface area (Å²) < 4.78 is 22.2. The van der Waals surface area contributed by atoms with E-state index in [1.165, 1.54) is 129 Å². The number of nitrogens with zero attached hydrogens (tertiary/aromatic N) is 1. The first-order valence-corrected chi connectivity index (χ1v) is 28.7. The third kappa shape index (κ3) is 28.3. The lowest BCUT2D eigenvalue weighted by molar-refractivity contribution is -0.547. The van der Waals surface area contributed by atoms with Gasteiger partial charge in [-0.25, -0.2) is 9.59 Å². The molecule has 0 radical (unpaired) electrons. The third-order valence-electron chi connectivity index (χ3n) is 14.0. The minimum absolute atomic E-state index is 0.187. The van der Waals surface area contributed by atoms with Crippen LogP contribution >= 0.6 is 0 Å². The number of hydrogen-bond acceptors (Lipinski definition) is 16. The largest absolute Gasteiger partial charge is 0.623 e. The Bertz CT molecular complexity index is 1640. The first-order valence-electron chi connectivity index (χ1n) is 28.7. The van der Waals surface area contributed by atoms with Crippen molar-refractivity contribution in [3.63, 3.8) is 0 Å². The van der Waals surface area contributed by atoms with E-state index >= 15 is 0 Å². The summed E-state index contributed by atoms with van der Waals surface area (Å²) in [6, 6.07) is 6.27. The van der Waals surface area contributed by atoms with Gasteiger partial charge < -0.3 is 81.0 Å². The number of amides is 3. The fourth-order valence-corrected chi connectivity index (χ4v) is 8.86. The van der Waals surface area contributed by atoms with E-state index < -0.39 is 105 Å². The molecule has 2 rings (SSSR count). The number of nitrogens with one attached hydrogen (secondary N) is 3. The van der Waals surface area contributed by atoms with Gasteiger partial charge in [0.25, 0.3) is 5.91 Å². The number of ether oxygens (including phenoxy) is 4. The molecule has 1 saturated heterocycles. The van der Waals surface area contributed by atoms with Gasteiger partial charge in [0, 0.05) is 32.1 Å². The monoisotopic (exact) mass is 1080 g/mol. The van der Waals surface area contributed by atoms with E-state index in [4.69, 9.17) is 18.9 Å². The van der Waals surface area contributed by atoms with Gasteiger partial charge in [-0.05, 0) is 30.5 Å². The van der Waals surface area contributed by atoms with Crippen molar-refractivity contribution in [2.75, 3.05) is 39.5 Å². The molecule has 9 atom stereocenters. The lowest BCUT2D eigenvalue weighted by Gasteiger charge is -2.42. The lowest BCUT2D eigenvalue weighted by Crippen LogP contribution is -2.62. The molecule has 3 amide bonds. The predicted molar refractivity (Wildman–Crippen MR) is 289 cm³/mol. The van der Waals surface area contributed by atoms with Crippen molar-refractivity contribution in [3.8, 4) is 0 Å². The highest BCUT2D eigenvalue weighted by Crippen LogP contribution is 2.25. The Morgan fingerprint density at radius 3 is 1.47 bits per heavy atom. The second kappa shape index (κ2) is 41.4. The summed E-state index contributed by atoms with van der Waals surface area (Å²) >= 11 is 0. The maximum Gasteiger partial charge on any atom is 0.407 e. The molecule has 1 unspecified atom stereocenters. The summed E-state index contributed by atoms with van der Waals surface area (Å²) in [6.07, 6.45) is 13.9. The highest BCUT2D eigenvalue weighted by atomic mass is 16.7. The van der Waals surface area contributed by atoms with Crippen LogP contribution in [0.15, 0.2) is 24.3 Å². The second-order valence-electron chi connectivity index (χ2n) is 20.9. The molecule has 76 heavy (non-hydrogen) atoms. The molecule has 440 valence electrons. The zero-order valence-corrected chi connectivity index (χ0v) is 46.2. The molecule has 0 aliphatic carbocycles. The molecule has 0 aromatic heterocycles. The van der Waals surface area contributed by atoms with Gasteiger partial charge in [-0.1, -0.05) is 180 Å². The van der Waals surface area contributed by atoms with Crippen LogP contribution in [0.2, 0.25) is 0 Å². The van der Waals surface area contributed by atoms with E-state index in [0.717, 1.165) is 51.4 Å². The number of unbranched alkanes of at least 4 members (excludes halogenated alkanes) is 24. The summed E-state index contributed by atoms with van der Waals surface area (Å²) in [6.45, 7) is 3.97. The maximum atomic E-state index is 13.9. The molecule has 20 heteroatoms. The summed E-state index contributed by atoms with van der Waals surface area (Å²) in [4.78, 5) is 38.6. The van der Waals surface area contributed by atoms with Crippen molar-refractivity contribution in [3.05, 3.63) is 40.6 Å². The minimum atomic E-state index is -2.26. The van der Waals surface area contributed by atoms with Crippen LogP contribution < -0.4 is 16.0 Å². The van der Waals surface area contributed by atoms with Crippen LogP contribution in [0.5, 0.6) is 0 Å². The van der Waals surface area contributed by atoms with Crippen LogP contribution in [-0.2, 0) is 30.3 Å². The number of carbonyl (C=O) groups excluding carboxylic acids is 3. The first-order chi connectivity index (χ1) is 36.6. The van der Waals surface area contributed by atoms with E-state index in [1.54, 1.807) is 24.3 Å². The average Bonchev–Trinajstić information content (AvgIpc) is 3.42. The van der Waals surface area contributed by atoms with E-state index in [-0.39, 0.29) is 6.54 Å². The van der Waals surface area contributed by atoms with Crippen LogP contribution in [-0.4, -0.2) is 170 Å². The van der Waals surface area contributed by atoms with Crippen molar-refractivity contribution >= 4 is 24.3 Å². The standard InChI is InChI=1S/C56H100N4O16/c1-4-6-8-10-12-14-16-18-20-22-24-26-28-34-57-54(70)73-40-56(3,41-74-55(71)58-35-29-27-25-23-21-19-17-15-13-11-9-7-5-2)60(72)37-43-32-30-42(31-33-43)36-59-52(69)49(67)48(66)51(44(63)38-61)76-53-50(68)47(65)46(64)45(39-62)75-53/h30-33,37,44-51,53,61-68H,4-29,34-36,38-41H2,1-3H3,(H,57,70)(H,58,71)(H,59,69)/b60-37-/t44?,45-,46+,47+,48+,49-,50-,51-,53+/m1/s1. The van der Waals surface area contributed by atoms with Gasteiger partial charge in [-0.15, -0.1) is 0 Å². The van der Waals surface area contributed by atoms with Gasteiger partial charge in [0.2, 0.25) is 5.54 Å².